The zero-order valence-electron chi connectivity index (χ0n) is 28.9. The second-order valence-corrected chi connectivity index (χ2v) is 11.1. The number of methoxy groups -OCH3 is 3. The molecule has 0 radical (unpaired) electrons. The quantitative estimate of drug-likeness (QED) is 0.115. The summed E-state index contributed by atoms with van der Waals surface area (Å²) in [5.74, 6) is 0. The van der Waals surface area contributed by atoms with Crippen LogP contribution in [0, 0.1) is 0 Å². The second kappa shape index (κ2) is 29.2. The van der Waals surface area contributed by atoms with Gasteiger partial charge in [-0.15, -0.1) is 6.58 Å². The maximum Gasteiger partial charge on any atom is 0.0839 e. The highest BCUT2D eigenvalue weighted by Crippen LogP contribution is 2.07. The highest BCUT2D eigenvalue weighted by Gasteiger charge is 2.11. The minimum absolute atomic E-state index is 0.0382. The molecular weight excluding hydrogens is 596 g/mol. The minimum atomic E-state index is -0.356. The van der Waals surface area contributed by atoms with Gasteiger partial charge in [-0.25, -0.2) is 0 Å². The Morgan fingerprint density at radius 1 is 0.617 bits per heavy atom. The van der Waals surface area contributed by atoms with E-state index < -0.39 is 0 Å². The first-order valence-corrected chi connectivity index (χ1v) is 16.3. The highest BCUT2D eigenvalue weighted by molar-refractivity contribution is 5.14. The maximum atomic E-state index is 9.23. The fraction of sp³-hybridized carbons (Fsp3) is 0.487. The van der Waals surface area contributed by atoms with Crippen LogP contribution in [0.3, 0.4) is 0 Å². The standard InChI is InChI=1S/2C13H20O3.C13H18O2/c1-11(14)8-13(15-2)10-16-9-12-6-4-3-5-7-12;1-15-13(8-5-9-14)11-16-10-12-6-3-2-4-7-12;1-3-7-13(14-2)11-15-10-12-8-5-4-6-9-12/h3-7,11,13-14H,8-10H2,1-2H3;2-4,6-7,13-14H,5,8-11H2,1H3;3-6,8-9,13H,1,7,10-11H2,2H3/t11?,13-;2*13-/m000/s1. The first-order valence-electron chi connectivity index (χ1n) is 16.3. The van der Waals surface area contributed by atoms with E-state index in [1.807, 2.05) is 84.9 Å². The Labute approximate surface area is 283 Å². The van der Waals surface area contributed by atoms with Gasteiger partial charge in [-0.2, -0.15) is 0 Å². The molecular formula is C39H58O8. The zero-order valence-corrected chi connectivity index (χ0v) is 28.9. The van der Waals surface area contributed by atoms with E-state index in [4.69, 9.17) is 33.5 Å². The molecule has 0 fully saturated rings. The summed E-state index contributed by atoms with van der Waals surface area (Å²) in [5.41, 5.74) is 3.50. The van der Waals surface area contributed by atoms with Gasteiger partial charge in [0.1, 0.15) is 0 Å². The van der Waals surface area contributed by atoms with Crippen molar-refractivity contribution < 1.29 is 38.6 Å². The SMILES string of the molecule is C=CC[C@@H](COCc1ccccc1)OC.CO[C@@H](CCCO)COCc1ccccc1.CO[C@H](COCc1ccccc1)CC(C)O. The van der Waals surface area contributed by atoms with Crippen molar-refractivity contribution in [3.8, 4) is 0 Å². The Morgan fingerprint density at radius 3 is 1.34 bits per heavy atom. The molecule has 3 rings (SSSR count). The summed E-state index contributed by atoms with van der Waals surface area (Å²) < 4.78 is 32.4. The summed E-state index contributed by atoms with van der Waals surface area (Å²) in [4.78, 5) is 0. The summed E-state index contributed by atoms with van der Waals surface area (Å²) >= 11 is 0. The monoisotopic (exact) mass is 654 g/mol. The van der Waals surface area contributed by atoms with Crippen LogP contribution in [0.2, 0.25) is 0 Å². The number of benzene rings is 3. The molecule has 0 amide bonds. The van der Waals surface area contributed by atoms with Gasteiger partial charge in [0.05, 0.1) is 64.1 Å². The van der Waals surface area contributed by atoms with Crippen molar-refractivity contribution in [1.29, 1.82) is 0 Å². The number of hydrogen-bond donors (Lipinski definition) is 2. The molecule has 8 heteroatoms. The number of hydrogen-bond acceptors (Lipinski definition) is 8. The largest absolute Gasteiger partial charge is 0.396 e. The van der Waals surface area contributed by atoms with Crippen LogP contribution in [0.4, 0.5) is 0 Å². The summed E-state index contributed by atoms with van der Waals surface area (Å²) in [6.07, 6.45) is 4.67. The number of aliphatic hydroxyl groups is 2. The Bertz CT molecular complexity index is 1080. The van der Waals surface area contributed by atoms with Gasteiger partial charge in [-0.05, 0) is 42.9 Å². The molecule has 0 saturated heterocycles. The van der Waals surface area contributed by atoms with Crippen LogP contribution in [-0.4, -0.2) is 82.4 Å². The average Bonchev–Trinajstić information content (AvgIpc) is 3.10. The van der Waals surface area contributed by atoms with Crippen molar-refractivity contribution in [3.05, 3.63) is 120 Å². The van der Waals surface area contributed by atoms with E-state index in [0.29, 0.717) is 46.1 Å². The van der Waals surface area contributed by atoms with Gasteiger partial charge in [0.25, 0.3) is 0 Å². The maximum absolute atomic E-state index is 9.23. The molecule has 0 aromatic heterocycles. The first kappa shape index (κ1) is 42.1. The summed E-state index contributed by atoms with van der Waals surface area (Å²) in [7, 11) is 5.01. The topological polar surface area (TPSA) is 95.8 Å². The van der Waals surface area contributed by atoms with Crippen LogP contribution < -0.4 is 0 Å². The predicted molar refractivity (Wildman–Crippen MR) is 188 cm³/mol. The molecule has 0 aliphatic rings. The number of ether oxygens (including phenoxy) is 6. The van der Waals surface area contributed by atoms with Gasteiger partial charge in [-0.1, -0.05) is 97.1 Å². The van der Waals surface area contributed by atoms with Crippen molar-refractivity contribution in [2.24, 2.45) is 0 Å². The van der Waals surface area contributed by atoms with E-state index in [1.165, 1.54) is 11.1 Å². The zero-order chi connectivity index (χ0) is 34.4. The Kier molecular flexibility index (Phi) is 26.2. The van der Waals surface area contributed by atoms with E-state index in [0.717, 1.165) is 24.8 Å². The molecule has 0 bridgehead atoms. The molecule has 47 heavy (non-hydrogen) atoms. The number of rotatable bonds is 22. The van der Waals surface area contributed by atoms with Gasteiger partial charge in [0.2, 0.25) is 0 Å². The molecule has 0 saturated carbocycles. The lowest BCUT2D eigenvalue weighted by atomic mass is 10.2. The summed E-state index contributed by atoms with van der Waals surface area (Å²) in [6, 6.07) is 30.2. The molecule has 1 unspecified atom stereocenters. The van der Waals surface area contributed by atoms with E-state index in [9.17, 15) is 5.11 Å². The normalized spacial score (nSPS) is 13.2. The first-order chi connectivity index (χ1) is 22.9. The molecule has 4 atom stereocenters. The summed E-state index contributed by atoms with van der Waals surface area (Å²) in [6.45, 7) is 9.16. The molecule has 0 heterocycles. The Morgan fingerprint density at radius 2 is 1.00 bits per heavy atom. The second-order valence-electron chi connectivity index (χ2n) is 11.1. The predicted octanol–water partition coefficient (Wildman–Crippen LogP) is 6.77. The molecule has 8 nitrogen and oxygen atoms in total. The van der Waals surface area contributed by atoms with E-state index >= 15 is 0 Å². The molecule has 0 aliphatic carbocycles. The fourth-order valence-corrected chi connectivity index (χ4v) is 4.27. The van der Waals surface area contributed by atoms with E-state index in [-0.39, 0.29) is 31.0 Å². The van der Waals surface area contributed by atoms with Gasteiger partial charge >= 0.3 is 0 Å². The average molecular weight is 655 g/mol. The third-order valence-electron chi connectivity index (χ3n) is 6.96. The molecule has 0 spiro atoms. The molecule has 3 aromatic carbocycles. The van der Waals surface area contributed by atoms with E-state index in [1.54, 1.807) is 28.3 Å². The van der Waals surface area contributed by atoms with Gasteiger partial charge in [-0.3, -0.25) is 0 Å². The highest BCUT2D eigenvalue weighted by atomic mass is 16.5. The number of aliphatic hydroxyl groups excluding tert-OH is 2. The van der Waals surface area contributed by atoms with Crippen LogP contribution in [-0.2, 0) is 48.2 Å². The van der Waals surface area contributed by atoms with Crippen LogP contribution in [0.25, 0.3) is 0 Å². The fourth-order valence-electron chi connectivity index (χ4n) is 4.27. The van der Waals surface area contributed by atoms with Crippen molar-refractivity contribution in [1.82, 2.24) is 0 Å². The van der Waals surface area contributed by atoms with Crippen molar-refractivity contribution in [2.75, 3.05) is 47.8 Å². The lowest BCUT2D eigenvalue weighted by molar-refractivity contribution is -0.0200. The third-order valence-corrected chi connectivity index (χ3v) is 6.96. The molecule has 0 aliphatic heterocycles. The minimum Gasteiger partial charge on any atom is -0.396 e. The van der Waals surface area contributed by atoms with Gasteiger partial charge < -0.3 is 38.6 Å². The Balaban J connectivity index is 0.000000353. The van der Waals surface area contributed by atoms with Crippen LogP contribution in [0.1, 0.15) is 49.3 Å². The van der Waals surface area contributed by atoms with Crippen molar-refractivity contribution in [2.45, 2.75) is 76.8 Å². The van der Waals surface area contributed by atoms with Crippen molar-refractivity contribution >= 4 is 0 Å². The van der Waals surface area contributed by atoms with Crippen LogP contribution in [0.5, 0.6) is 0 Å². The van der Waals surface area contributed by atoms with Crippen LogP contribution in [0.15, 0.2) is 104 Å². The molecule has 2 N–H and O–H groups in total. The van der Waals surface area contributed by atoms with Crippen molar-refractivity contribution in [3.63, 3.8) is 0 Å². The Hall–Kier alpha value is -2.92. The lowest BCUT2D eigenvalue weighted by Crippen LogP contribution is -2.23. The lowest BCUT2D eigenvalue weighted by Gasteiger charge is -2.16. The van der Waals surface area contributed by atoms with Crippen LogP contribution >= 0.6 is 0 Å². The van der Waals surface area contributed by atoms with Gasteiger partial charge in [0, 0.05) is 34.4 Å². The smallest absolute Gasteiger partial charge is 0.0839 e. The summed E-state index contributed by atoms with van der Waals surface area (Å²) in [5, 5.41) is 18.0. The molecule has 262 valence electrons. The molecule has 3 aromatic rings. The van der Waals surface area contributed by atoms with Gasteiger partial charge in [0.15, 0.2) is 0 Å². The third kappa shape index (κ3) is 23.1. The van der Waals surface area contributed by atoms with E-state index in [2.05, 4.69) is 18.7 Å².